The first-order chi connectivity index (χ1) is 4.43. The first-order valence-electron chi connectivity index (χ1n) is 2.93. The van der Waals surface area contributed by atoms with E-state index in [4.69, 9.17) is 5.73 Å². The maximum absolute atomic E-state index is 5.32. The van der Waals surface area contributed by atoms with Gasteiger partial charge < -0.3 is 5.73 Å². The summed E-state index contributed by atoms with van der Waals surface area (Å²) in [5.74, 6) is 0. The van der Waals surface area contributed by atoms with Crippen LogP contribution in [0.4, 0.5) is 0 Å². The molecule has 0 aliphatic rings. The van der Waals surface area contributed by atoms with Gasteiger partial charge in [0.05, 0.1) is 0 Å². The van der Waals surface area contributed by atoms with Gasteiger partial charge in [0.15, 0.2) is 0 Å². The molecule has 2 N–H and O–H groups in total. The van der Waals surface area contributed by atoms with E-state index in [0.717, 1.165) is 12.0 Å². The van der Waals surface area contributed by atoms with E-state index in [2.05, 4.69) is 11.1 Å². The predicted octanol–water partition coefficient (Wildman–Crippen LogP) is 0.383. The molecular formula is C7H9N2. The van der Waals surface area contributed by atoms with Crippen molar-refractivity contribution in [2.24, 2.45) is 5.73 Å². The highest BCUT2D eigenvalue weighted by Crippen LogP contribution is 1.93. The lowest BCUT2D eigenvalue weighted by Gasteiger charge is -1.92. The van der Waals surface area contributed by atoms with Crippen LogP contribution >= 0.6 is 0 Å². The van der Waals surface area contributed by atoms with Crippen LogP contribution in [0, 0.1) is 6.07 Å². The molecule has 0 saturated heterocycles. The largest absolute Gasteiger partial charge is 0.330 e. The molecular weight excluding hydrogens is 112 g/mol. The minimum Gasteiger partial charge on any atom is -0.330 e. The Hall–Kier alpha value is -0.890. The van der Waals surface area contributed by atoms with E-state index in [1.165, 1.54) is 0 Å². The first kappa shape index (κ1) is 6.23. The summed E-state index contributed by atoms with van der Waals surface area (Å²) in [5, 5.41) is 0. The fraction of sp³-hybridized carbons (Fsp3) is 0.286. The molecule has 0 fully saturated rings. The molecule has 0 bridgehead atoms. The van der Waals surface area contributed by atoms with Crippen LogP contribution in [-0.2, 0) is 6.42 Å². The Morgan fingerprint density at radius 3 is 3.11 bits per heavy atom. The van der Waals surface area contributed by atoms with Crippen molar-refractivity contribution in [3.8, 4) is 0 Å². The zero-order valence-corrected chi connectivity index (χ0v) is 5.17. The maximum Gasteiger partial charge on any atom is 0.0347 e. The number of hydrogen-bond donors (Lipinski definition) is 1. The summed E-state index contributed by atoms with van der Waals surface area (Å²) in [6.07, 6.45) is 4.34. The highest BCUT2D eigenvalue weighted by Gasteiger charge is 1.86. The molecule has 0 spiro atoms. The van der Waals surface area contributed by atoms with Gasteiger partial charge in [0.1, 0.15) is 0 Å². The van der Waals surface area contributed by atoms with Gasteiger partial charge in [-0.2, -0.15) is 0 Å². The highest BCUT2D eigenvalue weighted by molar-refractivity contribution is 5.07. The minimum atomic E-state index is 0.680. The van der Waals surface area contributed by atoms with Gasteiger partial charge in [0, 0.05) is 18.5 Å². The number of aromatic nitrogens is 1. The summed E-state index contributed by atoms with van der Waals surface area (Å²) in [5.41, 5.74) is 6.47. The summed E-state index contributed by atoms with van der Waals surface area (Å²) >= 11 is 0. The molecule has 0 aromatic carbocycles. The average Bonchev–Trinajstić information content (AvgIpc) is 1.91. The van der Waals surface area contributed by atoms with Crippen LogP contribution < -0.4 is 5.73 Å². The molecule has 0 saturated carbocycles. The summed E-state index contributed by atoms with van der Waals surface area (Å²) in [7, 11) is 0. The van der Waals surface area contributed by atoms with Crippen LogP contribution in [0.1, 0.15) is 5.56 Å². The van der Waals surface area contributed by atoms with Crippen molar-refractivity contribution < 1.29 is 0 Å². The van der Waals surface area contributed by atoms with Crippen molar-refractivity contribution in [2.45, 2.75) is 6.42 Å². The van der Waals surface area contributed by atoms with Gasteiger partial charge in [-0.25, -0.2) is 0 Å². The fourth-order valence-electron chi connectivity index (χ4n) is 0.661. The van der Waals surface area contributed by atoms with Gasteiger partial charge in [-0.05, 0) is 24.6 Å². The van der Waals surface area contributed by atoms with Crippen LogP contribution in [0.25, 0.3) is 0 Å². The standard InChI is InChI=1S/C7H9N2/c8-4-3-7-2-1-5-9-6-7/h2,5-6H,3-4,8H2. The number of rotatable bonds is 2. The fourth-order valence-corrected chi connectivity index (χ4v) is 0.661. The van der Waals surface area contributed by atoms with Crippen molar-refractivity contribution >= 4 is 0 Å². The number of hydrogen-bond acceptors (Lipinski definition) is 2. The Morgan fingerprint density at radius 1 is 1.67 bits per heavy atom. The third-order valence-corrected chi connectivity index (χ3v) is 1.09. The van der Waals surface area contributed by atoms with Crippen molar-refractivity contribution in [1.82, 2.24) is 4.98 Å². The minimum absolute atomic E-state index is 0.680. The van der Waals surface area contributed by atoms with Crippen molar-refractivity contribution in [2.75, 3.05) is 6.54 Å². The number of nitrogens with two attached hydrogens (primary N) is 1. The van der Waals surface area contributed by atoms with E-state index >= 15 is 0 Å². The molecule has 1 aromatic heterocycles. The second-order valence-electron chi connectivity index (χ2n) is 1.83. The molecule has 0 aliphatic carbocycles. The zero-order chi connectivity index (χ0) is 6.53. The molecule has 1 radical (unpaired) electrons. The van der Waals surface area contributed by atoms with E-state index in [9.17, 15) is 0 Å². The second kappa shape index (κ2) is 3.20. The molecule has 0 unspecified atom stereocenters. The number of nitrogens with zero attached hydrogens (tertiary/aromatic N) is 1. The van der Waals surface area contributed by atoms with Gasteiger partial charge >= 0.3 is 0 Å². The van der Waals surface area contributed by atoms with Crippen LogP contribution in [-0.4, -0.2) is 11.5 Å². The van der Waals surface area contributed by atoms with Crippen molar-refractivity contribution in [3.05, 3.63) is 30.1 Å². The third kappa shape index (κ3) is 1.82. The van der Waals surface area contributed by atoms with E-state index < -0.39 is 0 Å². The molecule has 1 rings (SSSR count). The van der Waals surface area contributed by atoms with E-state index in [-0.39, 0.29) is 0 Å². The third-order valence-electron chi connectivity index (χ3n) is 1.09. The lowest BCUT2D eigenvalue weighted by atomic mass is 10.2. The Kier molecular flexibility index (Phi) is 2.22. The summed E-state index contributed by atoms with van der Waals surface area (Å²) in [4.78, 5) is 3.89. The smallest absolute Gasteiger partial charge is 0.0347 e. The molecule has 0 amide bonds. The predicted molar refractivity (Wildman–Crippen MR) is 35.8 cm³/mol. The summed E-state index contributed by atoms with van der Waals surface area (Å²) in [6.45, 7) is 0.680. The topological polar surface area (TPSA) is 38.9 Å². The lowest BCUT2D eigenvalue weighted by Crippen LogP contribution is -2.02. The molecule has 2 heteroatoms. The normalized spacial score (nSPS) is 9.44. The van der Waals surface area contributed by atoms with Gasteiger partial charge in [0.2, 0.25) is 0 Å². The highest BCUT2D eigenvalue weighted by atomic mass is 14.6. The Bertz CT molecular complexity index is 160. The van der Waals surface area contributed by atoms with Crippen LogP contribution in [0.3, 0.4) is 0 Å². The van der Waals surface area contributed by atoms with Gasteiger partial charge in [-0.3, -0.25) is 4.98 Å². The van der Waals surface area contributed by atoms with Crippen LogP contribution in [0.2, 0.25) is 0 Å². The monoisotopic (exact) mass is 121 g/mol. The van der Waals surface area contributed by atoms with E-state index in [1.54, 1.807) is 6.20 Å². The van der Waals surface area contributed by atoms with E-state index in [1.807, 2.05) is 12.3 Å². The quantitative estimate of drug-likeness (QED) is 0.614. The molecule has 9 heavy (non-hydrogen) atoms. The molecule has 2 nitrogen and oxygen atoms in total. The van der Waals surface area contributed by atoms with Crippen molar-refractivity contribution in [1.29, 1.82) is 0 Å². The summed E-state index contributed by atoms with van der Waals surface area (Å²) in [6, 6.07) is 4.78. The molecule has 47 valence electrons. The second-order valence-corrected chi connectivity index (χ2v) is 1.83. The average molecular weight is 121 g/mol. The van der Waals surface area contributed by atoms with Gasteiger partial charge in [-0.1, -0.05) is 0 Å². The number of pyridine rings is 1. The molecule has 1 heterocycles. The van der Waals surface area contributed by atoms with Gasteiger partial charge in [0.25, 0.3) is 0 Å². The van der Waals surface area contributed by atoms with Crippen molar-refractivity contribution in [3.63, 3.8) is 0 Å². The Morgan fingerprint density at radius 2 is 2.56 bits per heavy atom. The lowest BCUT2D eigenvalue weighted by molar-refractivity contribution is 0.958. The summed E-state index contributed by atoms with van der Waals surface area (Å²) < 4.78 is 0. The SMILES string of the molecule is NCCc1c[c]cnc1. The molecule has 0 atom stereocenters. The maximum atomic E-state index is 5.32. The Balaban J connectivity index is 2.61. The Labute approximate surface area is 54.7 Å². The van der Waals surface area contributed by atoms with E-state index in [0.29, 0.717) is 6.54 Å². The zero-order valence-electron chi connectivity index (χ0n) is 5.17. The van der Waals surface area contributed by atoms with Crippen LogP contribution in [0.5, 0.6) is 0 Å². The van der Waals surface area contributed by atoms with Gasteiger partial charge in [-0.15, -0.1) is 0 Å². The van der Waals surface area contributed by atoms with Crippen LogP contribution in [0.15, 0.2) is 18.5 Å². The molecule has 1 aromatic rings. The molecule has 0 aliphatic heterocycles. The first-order valence-corrected chi connectivity index (χ1v) is 2.93.